The zero-order valence-corrected chi connectivity index (χ0v) is 14.6. The first-order valence-corrected chi connectivity index (χ1v) is 8.28. The third-order valence-electron chi connectivity index (χ3n) is 4.14. The minimum absolute atomic E-state index is 0.293. The Kier molecular flexibility index (Phi) is 5.43. The Bertz CT molecular complexity index is 880. The monoisotopic (exact) mass is 353 g/mol. The summed E-state index contributed by atoms with van der Waals surface area (Å²) in [5.74, 6) is -0.657. The normalized spacial score (nSPS) is 13.2. The first-order chi connectivity index (χ1) is 12.6. The van der Waals surface area contributed by atoms with E-state index in [1.165, 1.54) is 19.4 Å². The molecule has 0 aliphatic carbocycles. The number of benzene rings is 2. The highest BCUT2D eigenvalue weighted by Gasteiger charge is 2.24. The molecule has 0 spiro atoms. The molecule has 0 aliphatic heterocycles. The largest absolute Gasteiger partial charge is 0.375 e. The second-order valence-electron chi connectivity index (χ2n) is 5.95. The lowest BCUT2D eigenvalue weighted by Crippen LogP contribution is -2.38. The van der Waals surface area contributed by atoms with Crippen LogP contribution in [-0.2, 0) is 4.74 Å². The quantitative estimate of drug-likeness (QED) is 0.738. The van der Waals surface area contributed by atoms with Crippen molar-refractivity contribution in [1.82, 2.24) is 15.1 Å². The number of aromatic nitrogens is 2. The Morgan fingerprint density at radius 3 is 2.54 bits per heavy atom. The maximum Gasteiger partial charge on any atom is 0.254 e. The van der Waals surface area contributed by atoms with Crippen molar-refractivity contribution in [2.24, 2.45) is 0 Å². The molecule has 5 nitrogen and oxygen atoms in total. The van der Waals surface area contributed by atoms with Gasteiger partial charge in [-0.15, -0.1) is 0 Å². The number of nitrogens with zero attached hydrogens (tertiary/aromatic N) is 2. The molecule has 3 aromatic rings. The predicted octanol–water partition coefficient (Wildman–Crippen LogP) is 3.52. The number of hydrogen-bond donors (Lipinski definition) is 1. The Labute approximate surface area is 151 Å². The van der Waals surface area contributed by atoms with Gasteiger partial charge in [-0.25, -0.2) is 9.07 Å². The number of amides is 1. The fourth-order valence-electron chi connectivity index (χ4n) is 2.83. The highest BCUT2D eigenvalue weighted by Crippen LogP contribution is 2.23. The number of nitrogens with one attached hydrogen (secondary N) is 1. The van der Waals surface area contributed by atoms with Crippen LogP contribution >= 0.6 is 0 Å². The fraction of sp³-hybridized carbons (Fsp3) is 0.200. The molecule has 6 heteroatoms. The van der Waals surface area contributed by atoms with E-state index in [0.717, 1.165) is 5.69 Å². The van der Waals surface area contributed by atoms with Crippen LogP contribution in [0.3, 0.4) is 0 Å². The number of hydrogen-bond acceptors (Lipinski definition) is 3. The van der Waals surface area contributed by atoms with Gasteiger partial charge in [0.05, 0.1) is 23.5 Å². The molecule has 26 heavy (non-hydrogen) atoms. The Balaban J connectivity index is 1.73. The van der Waals surface area contributed by atoms with Gasteiger partial charge in [-0.1, -0.05) is 36.4 Å². The molecule has 0 unspecified atom stereocenters. The lowest BCUT2D eigenvalue weighted by molar-refractivity contribution is 0.0625. The summed E-state index contributed by atoms with van der Waals surface area (Å²) in [4.78, 5) is 12.5. The predicted molar refractivity (Wildman–Crippen MR) is 96.6 cm³/mol. The number of carbonyl (C=O) groups is 1. The first kappa shape index (κ1) is 17.8. The summed E-state index contributed by atoms with van der Waals surface area (Å²) in [6.07, 6.45) is 2.56. The number of carbonyl (C=O) groups excluding carboxylic acids is 1. The molecule has 1 amide bonds. The summed E-state index contributed by atoms with van der Waals surface area (Å²) in [6, 6.07) is 15.5. The summed E-state index contributed by atoms with van der Waals surface area (Å²) in [7, 11) is 1.49. The maximum atomic E-state index is 14.0. The van der Waals surface area contributed by atoms with Crippen LogP contribution in [0, 0.1) is 5.82 Å². The maximum absolute atomic E-state index is 14.0. The van der Waals surface area contributed by atoms with Crippen molar-refractivity contribution < 1.29 is 13.9 Å². The van der Waals surface area contributed by atoms with Crippen molar-refractivity contribution in [3.05, 3.63) is 83.9 Å². The summed E-state index contributed by atoms with van der Waals surface area (Å²) < 4.78 is 21.1. The second-order valence-corrected chi connectivity index (χ2v) is 5.95. The highest BCUT2D eigenvalue weighted by molar-refractivity contribution is 5.94. The van der Waals surface area contributed by atoms with Crippen LogP contribution < -0.4 is 5.32 Å². The summed E-state index contributed by atoms with van der Waals surface area (Å²) in [6.45, 7) is 1.78. The summed E-state index contributed by atoms with van der Waals surface area (Å²) in [5.41, 5.74) is 1.69. The molecule has 0 bridgehead atoms. The first-order valence-electron chi connectivity index (χ1n) is 8.28. The van der Waals surface area contributed by atoms with Crippen molar-refractivity contribution in [3.63, 3.8) is 0 Å². The zero-order valence-electron chi connectivity index (χ0n) is 14.6. The van der Waals surface area contributed by atoms with E-state index in [9.17, 15) is 9.18 Å². The van der Waals surface area contributed by atoms with Crippen LogP contribution in [0.5, 0.6) is 0 Å². The van der Waals surface area contributed by atoms with Crippen LogP contribution in [0.2, 0.25) is 0 Å². The second kappa shape index (κ2) is 7.93. The third kappa shape index (κ3) is 3.81. The van der Waals surface area contributed by atoms with Gasteiger partial charge in [0.1, 0.15) is 11.9 Å². The van der Waals surface area contributed by atoms with E-state index in [1.54, 1.807) is 36.0 Å². The molecule has 0 saturated carbocycles. The fourth-order valence-corrected chi connectivity index (χ4v) is 2.83. The van der Waals surface area contributed by atoms with Crippen molar-refractivity contribution in [1.29, 1.82) is 0 Å². The van der Waals surface area contributed by atoms with Gasteiger partial charge in [0.25, 0.3) is 5.91 Å². The number of para-hydroxylation sites is 1. The molecule has 2 atom stereocenters. The van der Waals surface area contributed by atoms with Gasteiger partial charge < -0.3 is 10.1 Å². The highest BCUT2D eigenvalue weighted by atomic mass is 19.1. The minimum Gasteiger partial charge on any atom is -0.375 e. The van der Waals surface area contributed by atoms with Crippen molar-refractivity contribution in [2.75, 3.05) is 7.11 Å². The minimum atomic E-state index is -0.593. The SMILES string of the molecule is CO[C@@H](c1ccccc1F)[C@H](C)NC(=O)c1cnn(-c2ccccc2)c1. The summed E-state index contributed by atoms with van der Waals surface area (Å²) in [5, 5.41) is 7.07. The average Bonchev–Trinajstić information content (AvgIpc) is 3.15. The average molecular weight is 353 g/mol. The van der Waals surface area contributed by atoms with Crippen LogP contribution in [0.25, 0.3) is 5.69 Å². The number of rotatable bonds is 6. The van der Waals surface area contributed by atoms with Crippen molar-refractivity contribution in [2.45, 2.75) is 19.1 Å². The lowest BCUT2D eigenvalue weighted by Gasteiger charge is -2.24. The Morgan fingerprint density at radius 2 is 1.85 bits per heavy atom. The molecule has 0 aliphatic rings. The van der Waals surface area contributed by atoms with Gasteiger partial charge in [-0.3, -0.25) is 4.79 Å². The topological polar surface area (TPSA) is 56.1 Å². The molecule has 0 saturated heterocycles. The molecule has 1 N–H and O–H groups in total. The smallest absolute Gasteiger partial charge is 0.254 e. The molecule has 0 fully saturated rings. The third-order valence-corrected chi connectivity index (χ3v) is 4.14. The Morgan fingerprint density at radius 1 is 1.15 bits per heavy atom. The van der Waals surface area contributed by atoms with Gasteiger partial charge in [0.2, 0.25) is 0 Å². The Hall–Kier alpha value is -2.99. The number of methoxy groups -OCH3 is 1. The van der Waals surface area contributed by atoms with Crippen LogP contribution in [0.15, 0.2) is 67.0 Å². The number of halogens is 1. The molecule has 1 aromatic heterocycles. The molecule has 0 radical (unpaired) electrons. The van der Waals surface area contributed by atoms with Gasteiger partial charge in [0, 0.05) is 18.9 Å². The number of ether oxygens (including phenoxy) is 1. The van der Waals surface area contributed by atoms with Crippen molar-refractivity contribution in [3.8, 4) is 5.69 Å². The van der Waals surface area contributed by atoms with Gasteiger partial charge in [0.15, 0.2) is 0 Å². The molecular weight excluding hydrogens is 333 g/mol. The van der Waals surface area contributed by atoms with E-state index in [2.05, 4.69) is 10.4 Å². The lowest BCUT2D eigenvalue weighted by atomic mass is 10.0. The zero-order chi connectivity index (χ0) is 18.5. The van der Waals surface area contributed by atoms with Crippen LogP contribution in [-0.4, -0.2) is 28.8 Å². The molecule has 134 valence electrons. The van der Waals surface area contributed by atoms with Gasteiger partial charge >= 0.3 is 0 Å². The molecule has 3 rings (SSSR count). The molecular formula is C20H20FN3O2. The van der Waals surface area contributed by atoms with E-state index in [1.807, 2.05) is 30.3 Å². The molecule has 2 aromatic carbocycles. The van der Waals surface area contributed by atoms with Crippen LogP contribution in [0.1, 0.15) is 28.9 Å². The van der Waals surface area contributed by atoms with Crippen molar-refractivity contribution >= 4 is 5.91 Å². The van der Waals surface area contributed by atoms with E-state index >= 15 is 0 Å². The van der Waals surface area contributed by atoms with E-state index in [-0.39, 0.29) is 11.7 Å². The van der Waals surface area contributed by atoms with E-state index in [0.29, 0.717) is 11.1 Å². The van der Waals surface area contributed by atoms with Crippen LogP contribution in [0.4, 0.5) is 4.39 Å². The van der Waals surface area contributed by atoms with E-state index < -0.39 is 12.1 Å². The van der Waals surface area contributed by atoms with Gasteiger partial charge in [-0.05, 0) is 25.1 Å². The van der Waals surface area contributed by atoms with Gasteiger partial charge in [-0.2, -0.15) is 5.10 Å². The molecule has 1 heterocycles. The standard InChI is InChI=1S/C20H20FN3O2/c1-14(19(26-2)17-10-6-7-11-18(17)21)23-20(25)15-12-22-24(13-15)16-8-4-3-5-9-16/h3-14,19H,1-2H3,(H,23,25)/t14-,19+/m0/s1. The summed E-state index contributed by atoms with van der Waals surface area (Å²) >= 11 is 0. The van der Waals surface area contributed by atoms with E-state index in [4.69, 9.17) is 4.74 Å².